The Hall–Kier alpha value is -1.23. The highest BCUT2D eigenvalue weighted by Gasteiger charge is 2.77. The van der Waals surface area contributed by atoms with Crippen molar-refractivity contribution in [3.63, 3.8) is 0 Å². The SMILES string of the molecule is CC(=O)C1(O)O[C@H](CO)[C@@H](O)[C@@](O)(C(C)=O)[C@]1(O)C(C)=O. The number of Topliss-reactive ketones (excluding diaryl/α,β-unsaturated/α-hetero) is 3. The number of rotatable bonds is 4. The smallest absolute Gasteiger partial charge is 0.267 e. The van der Waals surface area contributed by atoms with E-state index >= 15 is 0 Å². The molecule has 0 radical (unpaired) electrons. The standard InChI is InChI=1S/C12H18O9/c1-5(14)10(18)9(17)8(4-13)21-12(20,7(3)16)11(10,19)6(2)15/h8-9,13,17-20H,4H2,1-3H3/t8-,9-,10+,11-,12?/m1/s1. The first-order valence-electron chi connectivity index (χ1n) is 6.08. The summed E-state index contributed by atoms with van der Waals surface area (Å²) in [6.07, 6.45) is -4.01. The van der Waals surface area contributed by atoms with E-state index in [0.717, 1.165) is 13.8 Å². The van der Waals surface area contributed by atoms with Gasteiger partial charge in [-0.1, -0.05) is 0 Å². The van der Waals surface area contributed by atoms with E-state index in [-0.39, 0.29) is 0 Å². The molecule has 1 saturated heterocycles. The molecule has 0 amide bonds. The molecule has 1 heterocycles. The van der Waals surface area contributed by atoms with E-state index < -0.39 is 53.2 Å². The highest BCUT2D eigenvalue weighted by molar-refractivity contribution is 6.04. The lowest BCUT2D eigenvalue weighted by Gasteiger charge is -2.55. The average molecular weight is 306 g/mol. The van der Waals surface area contributed by atoms with E-state index in [9.17, 15) is 34.8 Å². The number of hydrogen-bond acceptors (Lipinski definition) is 9. The summed E-state index contributed by atoms with van der Waals surface area (Å²) in [6.45, 7) is 1.22. The van der Waals surface area contributed by atoms with E-state index in [2.05, 4.69) is 0 Å². The van der Waals surface area contributed by atoms with Crippen LogP contribution in [0.2, 0.25) is 0 Å². The molecule has 1 rings (SSSR count). The maximum Gasteiger partial charge on any atom is 0.267 e. The summed E-state index contributed by atoms with van der Waals surface area (Å²) in [6, 6.07) is 0. The molecule has 5 atom stereocenters. The van der Waals surface area contributed by atoms with Crippen molar-refractivity contribution in [2.45, 2.75) is 50.0 Å². The number of carbonyl (C=O) groups is 3. The highest BCUT2D eigenvalue weighted by atomic mass is 16.7. The predicted octanol–water partition coefficient (Wildman–Crippen LogP) is -3.34. The monoisotopic (exact) mass is 306 g/mol. The number of carbonyl (C=O) groups excluding carboxylic acids is 3. The number of ether oxygens (including phenoxy) is 1. The second kappa shape index (κ2) is 5.20. The molecule has 120 valence electrons. The van der Waals surface area contributed by atoms with Crippen LogP contribution in [0.25, 0.3) is 0 Å². The Bertz CT molecular complexity index is 489. The van der Waals surface area contributed by atoms with Crippen LogP contribution in [0.1, 0.15) is 20.8 Å². The largest absolute Gasteiger partial charge is 0.394 e. The van der Waals surface area contributed by atoms with Crippen LogP contribution >= 0.6 is 0 Å². The number of ketones is 3. The Balaban J connectivity index is 3.74. The number of hydrogen-bond donors (Lipinski definition) is 5. The van der Waals surface area contributed by atoms with E-state index in [1.165, 1.54) is 0 Å². The summed E-state index contributed by atoms with van der Waals surface area (Å²) >= 11 is 0. The molecule has 0 aromatic carbocycles. The van der Waals surface area contributed by atoms with Crippen molar-refractivity contribution in [2.75, 3.05) is 6.61 Å². The van der Waals surface area contributed by atoms with Crippen molar-refractivity contribution in [1.29, 1.82) is 0 Å². The van der Waals surface area contributed by atoms with Crippen LogP contribution in [0.5, 0.6) is 0 Å². The van der Waals surface area contributed by atoms with Gasteiger partial charge >= 0.3 is 0 Å². The van der Waals surface area contributed by atoms with Crippen LogP contribution < -0.4 is 0 Å². The first kappa shape index (κ1) is 17.8. The van der Waals surface area contributed by atoms with Crippen LogP contribution in [-0.4, -0.2) is 78.7 Å². The molecule has 5 N–H and O–H groups in total. The van der Waals surface area contributed by atoms with Gasteiger partial charge in [0.2, 0.25) is 5.60 Å². The van der Waals surface area contributed by atoms with Gasteiger partial charge in [0.05, 0.1) is 6.61 Å². The summed E-state index contributed by atoms with van der Waals surface area (Å²) in [7, 11) is 0. The quantitative estimate of drug-likeness (QED) is 0.357. The normalized spacial score (nSPS) is 43.4. The maximum absolute atomic E-state index is 11.8. The van der Waals surface area contributed by atoms with Crippen LogP contribution in [0, 0.1) is 0 Å². The Kier molecular flexibility index (Phi) is 4.41. The van der Waals surface area contributed by atoms with Crippen LogP contribution in [0.3, 0.4) is 0 Å². The van der Waals surface area contributed by atoms with Crippen molar-refractivity contribution >= 4 is 17.3 Å². The molecule has 0 saturated carbocycles. The van der Waals surface area contributed by atoms with E-state index in [0.29, 0.717) is 6.92 Å². The van der Waals surface area contributed by atoms with Gasteiger partial charge in [-0.15, -0.1) is 0 Å². The predicted molar refractivity (Wildman–Crippen MR) is 64.9 cm³/mol. The molecule has 0 spiro atoms. The molecular weight excluding hydrogens is 288 g/mol. The van der Waals surface area contributed by atoms with Crippen molar-refractivity contribution in [3.05, 3.63) is 0 Å². The van der Waals surface area contributed by atoms with Gasteiger partial charge in [0.15, 0.2) is 23.0 Å². The van der Waals surface area contributed by atoms with Crippen molar-refractivity contribution in [2.24, 2.45) is 0 Å². The minimum atomic E-state index is -3.43. The van der Waals surface area contributed by atoms with Gasteiger partial charge in [0.1, 0.15) is 12.2 Å². The third-order valence-corrected chi connectivity index (χ3v) is 3.85. The third-order valence-electron chi connectivity index (χ3n) is 3.85. The van der Waals surface area contributed by atoms with E-state index in [4.69, 9.17) is 9.84 Å². The Morgan fingerprint density at radius 3 is 1.76 bits per heavy atom. The molecule has 9 nitrogen and oxygen atoms in total. The molecule has 1 aliphatic rings. The third kappa shape index (κ3) is 1.97. The summed E-state index contributed by atoms with van der Waals surface area (Å²) in [4.78, 5) is 35.2. The highest BCUT2D eigenvalue weighted by Crippen LogP contribution is 2.45. The number of aliphatic hydroxyl groups excluding tert-OH is 2. The fraction of sp³-hybridized carbons (Fsp3) is 0.750. The maximum atomic E-state index is 11.8. The first-order chi connectivity index (χ1) is 9.41. The van der Waals surface area contributed by atoms with Gasteiger partial charge in [0.25, 0.3) is 5.79 Å². The molecule has 21 heavy (non-hydrogen) atoms. The zero-order chi connectivity index (χ0) is 16.8. The van der Waals surface area contributed by atoms with Crippen LogP contribution in [0.4, 0.5) is 0 Å². The van der Waals surface area contributed by atoms with E-state index in [1.807, 2.05) is 0 Å². The van der Waals surface area contributed by atoms with Crippen LogP contribution in [0.15, 0.2) is 0 Å². The Labute approximate surface area is 119 Å². The second-order valence-corrected chi connectivity index (χ2v) is 5.07. The van der Waals surface area contributed by atoms with Crippen LogP contribution in [-0.2, 0) is 19.1 Å². The van der Waals surface area contributed by atoms with Gasteiger partial charge < -0.3 is 30.3 Å². The summed E-state index contributed by atoms with van der Waals surface area (Å²) in [5.74, 6) is -7.24. The van der Waals surface area contributed by atoms with Gasteiger partial charge in [-0.05, 0) is 13.8 Å². The van der Waals surface area contributed by atoms with Gasteiger partial charge in [0, 0.05) is 6.92 Å². The molecular formula is C12H18O9. The van der Waals surface area contributed by atoms with Crippen molar-refractivity contribution < 1.29 is 44.7 Å². The molecule has 9 heteroatoms. The van der Waals surface area contributed by atoms with E-state index in [1.54, 1.807) is 0 Å². The minimum Gasteiger partial charge on any atom is -0.394 e. The topological polar surface area (TPSA) is 162 Å². The van der Waals surface area contributed by atoms with Crippen molar-refractivity contribution in [1.82, 2.24) is 0 Å². The fourth-order valence-electron chi connectivity index (χ4n) is 2.55. The Morgan fingerprint density at radius 1 is 1.00 bits per heavy atom. The summed E-state index contributed by atoms with van der Waals surface area (Å²) in [5.41, 5.74) is -6.66. The molecule has 0 aromatic rings. The zero-order valence-electron chi connectivity index (χ0n) is 11.7. The Morgan fingerprint density at radius 2 is 1.48 bits per heavy atom. The second-order valence-electron chi connectivity index (χ2n) is 5.07. The lowest BCUT2D eigenvalue weighted by atomic mass is 9.64. The molecule has 0 bridgehead atoms. The summed E-state index contributed by atoms with van der Waals surface area (Å²) < 4.78 is 4.74. The first-order valence-corrected chi connectivity index (χ1v) is 6.08. The lowest BCUT2D eigenvalue weighted by Crippen LogP contribution is -2.85. The molecule has 1 fully saturated rings. The summed E-state index contributed by atoms with van der Waals surface area (Å²) in [5, 5.41) is 50.2. The molecule has 1 unspecified atom stereocenters. The van der Waals surface area contributed by atoms with Gasteiger partial charge in [-0.2, -0.15) is 0 Å². The van der Waals surface area contributed by atoms with Gasteiger partial charge in [-0.25, -0.2) is 0 Å². The lowest BCUT2D eigenvalue weighted by molar-refractivity contribution is -0.374. The van der Waals surface area contributed by atoms with Gasteiger partial charge in [-0.3, -0.25) is 14.4 Å². The fourth-order valence-corrected chi connectivity index (χ4v) is 2.55. The molecule has 1 aliphatic heterocycles. The minimum absolute atomic E-state index is 0.706. The number of aliphatic hydroxyl groups is 5. The molecule has 0 aromatic heterocycles. The molecule has 0 aliphatic carbocycles. The average Bonchev–Trinajstić information content (AvgIpc) is 2.39. The zero-order valence-corrected chi connectivity index (χ0v) is 11.7. The van der Waals surface area contributed by atoms with Crippen molar-refractivity contribution in [3.8, 4) is 0 Å².